The molecule has 3 rings (SSSR count). The van der Waals surface area contributed by atoms with Crippen molar-refractivity contribution < 1.29 is 4.79 Å². The van der Waals surface area contributed by atoms with E-state index in [0.29, 0.717) is 0 Å². The van der Waals surface area contributed by atoms with Crippen molar-refractivity contribution in [2.75, 3.05) is 5.32 Å². The molecular weight excluding hydrogens is 290 g/mol. The molecule has 1 amide bonds. The number of fused-ring (bicyclic) bond motifs is 1. The first-order valence-corrected chi connectivity index (χ1v) is 7.83. The predicted octanol–water partition coefficient (Wildman–Crippen LogP) is 2.90. The van der Waals surface area contributed by atoms with E-state index >= 15 is 0 Å². The second-order valence-corrected chi connectivity index (χ2v) is 5.82. The lowest BCUT2D eigenvalue weighted by Crippen LogP contribution is -2.19. The van der Waals surface area contributed by atoms with Gasteiger partial charge in [-0.2, -0.15) is 0 Å². The van der Waals surface area contributed by atoms with Gasteiger partial charge in [-0.15, -0.1) is 5.10 Å². The summed E-state index contributed by atoms with van der Waals surface area (Å²) < 4.78 is 3.84. The number of hydrogen-bond acceptors (Lipinski definition) is 3. The van der Waals surface area contributed by atoms with Crippen LogP contribution in [0.25, 0.3) is 10.9 Å². The molecule has 2 aromatic heterocycles. The van der Waals surface area contributed by atoms with Crippen molar-refractivity contribution in [1.82, 2.24) is 19.6 Å². The van der Waals surface area contributed by atoms with E-state index in [1.165, 1.54) is 15.9 Å². The van der Waals surface area contributed by atoms with Gasteiger partial charge in [0.1, 0.15) is 6.54 Å². The quantitative estimate of drug-likeness (QED) is 0.788. The molecular formula is C17H21N5O. The fourth-order valence-electron chi connectivity index (χ4n) is 2.83. The van der Waals surface area contributed by atoms with E-state index in [1.54, 1.807) is 6.20 Å². The Balaban J connectivity index is 1.76. The van der Waals surface area contributed by atoms with Crippen LogP contribution in [0.1, 0.15) is 24.7 Å². The highest BCUT2D eigenvalue weighted by Crippen LogP contribution is 2.23. The Morgan fingerprint density at radius 1 is 1.26 bits per heavy atom. The Bertz CT molecular complexity index is 846. The second kappa shape index (κ2) is 6.24. The maximum Gasteiger partial charge on any atom is 0.246 e. The molecule has 0 saturated heterocycles. The van der Waals surface area contributed by atoms with Crippen LogP contribution < -0.4 is 5.32 Å². The Morgan fingerprint density at radius 3 is 2.78 bits per heavy atom. The van der Waals surface area contributed by atoms with Gasteiger partial charge in [-0.25, -0.2) is 4.68 Å². The third-order valence-electron chi connectivity index (χ3n) is 3.80. The lowest BCUT2D eigenvalue weighted by molar-refractivity contribution is -0.116. The zero-order valence-corrected chi connectivity index (χ0v) is 13.7. The fraction of sp³-hybridized carbons (Fsp3) is 0.353. The maximum atomic E-state index is 12.1. The number of aryl methyl sites for hydroxylation is 3. The number of nitrogens with one attached hydrogen (secondary N) is 1. The average Bonchev–Trinajstić information content (AvgIpc) is 3.03. The highest BCUT2D eigenvalue weighted by atomic mass is 16.2. The lowest BCUT2D eigenvalue weighted by Gasteiger charge is -2.08. The van der Waals surface area contributed by atoms with Gasteiger partial charge in [0.2, 0.25) is 5.91 Å². The predicted molar refractivity (Wildman–Crippen MR) is 90.4 cm³/mol. The molecule has 0 bridgehead atoms. The van der Waals surface area contributed by atoms with Gasteiger partial charge in [-0.05, 0) is 44.5 Å². The van der Waals surface area contributed by atoms with Crippen molar-refractivity contribution in [3.8, 4) is 0 Å². The van der Waals surface area contributed by atoms with Crippen molar-refractivity contribution in [3.05, 3.63) is 41.9 Å². The summed E-state index contributed by atoms with van der Waals surface area (Å²) in [7, 11) is 0. The number of benzene rings is 1. The van der Waals surface area contributed by atoms with Gasteiger partial charge in [0.05, 0.1) is 5.69 Å². The van der Waals surface area contributed by atoms with Gasteiger partial charge in [-0.1, -0.05) is 12.1 Å². The van der Waals surface area contributed by atoms with Gasteiger partial charge in [0.15, 0.2) is 0 Å². The van der Waals surface area contributed by atoms with E-state index in [4.69, 9.17) is 0 Å². The first kappa shape index (κ1) is 15.3. The minimum absolute atomic E-state index is 0.112. The molecule has 23 heavy (non-hydrogen) atoms. The number of rotatable bonds is 5. The van der Waals surface area contributed by atoms with E-state index < -0.39 is 0 Å². The Hall–Kier alpha value is -2.63. The number of carbonyl (C=O) groups excluding carboxylic acids is 1. The third kappa shape index (κ3) is 3.26. The summed E-state index contributed by atoms with van der Waals surface area (Å²) in [5.74, 6) is -0.112. The van der Waals surface area contributed by atoms with Gasteiger partial charge < -0.3 is 9.88 Å². The number of hydrogen-bond donors (Lipinski definition) is 1. The van der Waals surface area contributed by atoms with Crippen LogP contribution in [0.2, 0.25) is 0 Å². The summed E-state index contributed by atoms with van der Waals surface area (Å²) in [6, 6.07) is 8.17. The standard InChI is InChI=1S/C17H21N5O/c1-4-7-22-13(3)8-14-9-15(5-6-16(14)22)18-17(23)11-21-10-12(2)19-20-21/h5-6,8-10H,4,7,11H2,1-3H3,(H,18,23). The molecule has 0 aliphatic heterocycles. The smallest absolute Gasteiger partial charge is 0.246 e. The van der Waals surface area contributed by atoms with Gasteiger partial charge in [0, 0.05) is 35.0 Å². The molecule has 0 radical (unpaired) electrons. The number of amides is 1. The number of carbonyl (C=O) groups is 1. The normalized spacial score (nSPS) is 11.1. The molecule has 0 spiro atoms. The van der Waals surface area contributed by atoms with Crippen LogP contribution in [0, 0.1) is 13.8 Å². The summed E-state index contributed by atoms with van der Waals surface area (Å²) in [6.07, 6.45) is 2.84. The van der Waals surface area contributed by atoms with E-state index in [1.807, 2.05) is 19.1 Å². The monoisotopic (exact) mass is 311 g/mol. The van der Waals surface area contributed by atoms with E-state index in [0.717, 1.165) is 29.7 Å². The highest BCUT2D eigenvalue weighted by molar-refractivity contribution is 5.94. The number of aromatic nitrogens is 4. The van der Waals surface area contributed by atoms with Crippen LogP contribution in [-0.4, -0.2) is 25.5 Å². The fourth-order valence-corrected chi connectivity index (χ4v) is 2.83. The molecule has 2 heterocycles. The molecule has 6 heteroatoms. The van der Waals surface area contributed by atoms with Crippen molar-refractivity contribution >= 4 is 22.5 Å². The molecule has 3 aromatic rings. The second-order valence-electron chi connectivity index (χ2n) is 5.82. The summed E-state index contributed by atoms with van der Waals surface area (Å²) in [5.41, 5.74) is 4.04. The van der Waals surface area contributed by atoms with Gasteiger partial charge in [0.25, 0.3) is 0 Å². The first-order chi connectivity index (χ1) is 11.1. The van der Waals surface area contributed by atoms with Crippen molar-refractivity contribution in [1.29, 1.82) is 0 Å². The number of nitrogens with zero attached hydrogens (tertiary/aromatic N) is 4. The Morgan fingerprint density at radius 2 is 2.09 bits per heavy atom. The topological polar surface area (TPSA) is 64.7 Å². The summed E-state index contributed by atoms with van der Waals surface area (Å²) in [4.78, 5) is 12.1. The van der Waals surface area contributed by atoms with Crippen LogP contribution in [-0.2, 0) is 17.9 Å². The van der Waals surface area contributed by atoms with Crippen molar-refractivity contribution in [2.24, 2.45) is 0 Å². The van der Waals surface area contributed by atoms with Crippen LogP contribution in [0.15, 0.2) is 30.5 Å². The van der Waals surface area contributed by atoms with Gasteiger partial charge in [-0.3, -0.25) is 4.79 Å². The van der Waals surface area contributed by atoms with Gasteiger partial charge >= 0.3 is 0 Å². The Labute approximate surface area is 135 Å². The zero-order chi connectivity index (χ0) is 16.4. The molecule has 1 N–H and O–H groups in total. The van der Waals surface area contributed by atoms with E-state index in [-0.39, 0.29) is 12.5 Å². The van der Waals surface area contributed by atoms with Crippen LogP contribution in [0.5, 0.6) is 0 Å². The third-order valence-corrected chi connectivity index (χ3v) is 3.80. The van der Waals surface area contributed by atoms with Crippen molar-refractivity contribution in [2.45, 2.75) is 40.3 Å². The molecule has 0 aliphatic carbocycles. The molecule has 0 aliphatic rings. The first-order valence-electron chi connectivity index (χ1n) is 7.83. The zero-order valence-electron chi connectivity index (χ0n) is 13.7. The minimum atomic E-state index is -0.112. The maximum absolute atomic E-state index is 12.1. The van der Waals surface area contributed by atoms with Crippen molar-refractivity contribution in [3.63, 3.8) is 0 Å². The van der Waals surface area contributed by atoms with E-state index in [9.17, 15) is 4.79 Å². The molecule has 0 saturated carbocycles. The molecule has 0 fully saturated rings. The average molecular weight is 311 g/mol. The molecule has 1 aromatic carbocycles. The largest absolute Gasteiger partial charge is 0.345 e. The van der Waals surface area contributed by atoms with Crippen LogP contribution >= 0.6 is 0 Å². The highest BCUT2D eigenvalue weighted by Gasteiger charge is 2.08. The van der Waals surface area contributed by atoms with Crippen LogP contribution in [0.4, 0.5) is 5.69 Å². The summed E-state index contributed by atoms with van der Waals surface area (Å²) in [6.45, 7) is 7.30. The molecule has 0 atom stereocenters. The van der Waals surface area contributed by atoms with Crippen LogP contribution in [0.3, 0.4) is 0 Å². The lowest BCUT2D eigenvalue weighted by atomic mass is 10.2. The molecule has 120 valence electrons. The summed E-state index contributed by atoms with van der Waals surface area (Å²) >= 11 is 0. The van der Waals surface area contributed by atoms with E-state index in [2.05, 4.69) is 46.2 Å². The number of anilines is 1. The summed E-state index contributed by atoms with van der Waals surface area (Å²) in [5, 5.41) is 11.8. The SMILES string of the molecule is CCCn1c(C)cc2cc(NC(=O)Cn3cc(C)nn3)ccc21. The Kier molecular flexibility index (Phi) is 4.14. The minimum Gasteiger partial charge on any atom is -0.345 e. The molecule has 6 nitrogen and oxygen atoms in total. The molecule has 0 unspecified atom stereocenters.